The van der Waals surface area contributed by atoms with Gasteiger partial charge >= 0.3 is 0 Å². The molecule has 2 unspecified atom stereocenters. The first-order chi connectivity index (χ1) is 7.72. The smallest absolute Gasteiger partial charge is 0.122 e. The summed E-state index contributed by atoms with van der Waals surface area (Å²) in [6.45, 7) is 2.35. The Hall–Kier alpha value is -0.500. The molecule has 2 atom stereocenters. The maximum absolute atomic E-state index is 5.38. The number of para-hydroxylation sites is 1. The van der Waals surface area contributed by atoms with Gasteiger partial charge in [-0.1, -0.05) is 41.1 Å². The van der Waals surface area contributed by atoms with E-state index in [1.54, 1.807) is 7.11 Å². The molecule has 0 aliphatic heterocycles. The average molecular weight is 283 g/mol. The minimum absolute atomic E-state index is 0.566. The first-order valence-corrected chi connectivity index (χ1v) is 6.90. The van der Waals surface area contributed by atoms with Gasteiger partial charge in [-0.3, -0.25) is 0 Å². The van der Waals surface area contributed by atoms with Gasteiger partial charge < -0.3 is 4.74 Å². The van der Waals surface area contributed by atoms with Crippen LogP contribution in [0.15, 0.2) is 24.3 Å². The normalized spacial score (nSPS) is 19.2. The van der Waals surface area contributed by atoms with E-state index < -0.39 is 0 Å². The van der Waals surface area contributed by atoms with Gasteiger partial charge in [0.2, 0.25) is 0 Å². The van der Waals surface area contributed by atoms with E-state index in [9.17, 15) is 0 Å². The molecule has 0 spiro atoms. The fourth-order valence-electron chi connectivity index (χ4n) is 2.18. The lowest BCUT2D eigenvalue weighted by atomic mass is 9.96. The highest BCUT2D eigenvalue weighted by atomic mass is 79.9. The van der Waals surface area contributed by atoms with E-state index in [1.165, 1.54) is 18.4 Å². The Balaban J connectivity index is 2.01. The maximum atomic E-state index is 5.38. The summed E-state index contributed by atoms with van der Waals surface area (Å²) in [6.07, 6.45) is 3.88. The van der Waals surface area contributed by atoms with E-state index in [0.29, 0.717) is 4.83 Å². The number of ether oxygens (including phenoxy) is 1. The second kappa shape index (κ2) is 5.22. The monoisotopic (exact) mass is 282 g/mol. The Kier molecular flexibility index (Phi) is 3.91. The zero-order chi connectivity index (χ0) is 11.5. The second-order valence-corrected chi connectivity index (χ2v) is 5.90. The van der Waals surface area contributed by atoms with Crippen LogP contribution in [0.1, 0.15) is 25.3 Å². The van der Waals surface area contributed by atoms with Crippen LogP contribution < -0.4 is 4.74 Å². The highest BCUT2D eigenvalue weighted by molar-refractivity contribution is 9.09. The van der Waals surface area contributed by atoms with Gasteiger partial charge in [0.15, 0.2) is 0 Å². The quantitative estimate of drug-likeness (QED) is 0.741. The van der Waals surface area contributed by atoms with Crippen LogP contribution in [0.2, 0.25) is 0 Å². The van der Waals surface area contributed by atoms with Crippen LogP contribution in [0.3, 0.4) is 0 Å². The Morgan fingerprint density at radius 3 is 2.69 bits per heavy atom. The van der Waals surface area contributed by atoms with E-state index in [4.69, 9.17) is 4.74 Å². The average Bonchev–Trinajstić information content (AvgIpc) is 3.12. The largest absolute Gasteiger partial charge is 0.496 e. The first kappa shape index (κ1) is 12.0. The number of hydrogen-bond acceptors (Lipinski definition) is 1. The van der Waals surface area contributed by atoms with Gasteiger partial charge in [0.25, 0.3) is 0 Å². The Bertz CT molecular complexity index is 346. The second-order valence-electron chi connectivity index (χ2n) is 4.73. The predicted octanol–water partition coefficient (Wildman–Crippen LogP) is 4.05. The van der Waals surface area contributed by atoms with Crippen LogP contribution in [0, 0.1) is 11.8 Å². The fourth-order valence-corrected chi connectivity index (χ4v) is 2.97. The first-order valence-electron chi connectivity index (χ1n) is 5.98. The fraction of sp³-hybridized carbons (Fsp3) is 0.571. The molecule has 1 saturated carbocycles. The van der Waals surface area contributed by atoms with Crippen molar-refractivity contribution in [3.63, 3.8) is 0 Å². The number of alkyl halides is 1. The van der Waals surface area contributed by atoms with Crippen molar-refractivity contribution in [2.75, 3.05) is 7.11 Å². The molecule has 1 aromatic carbocycles. The molecule has 2 rings (SSSR count). The summed E-state index contributed by atoms with van der Waals surface area (Å²) in [5.74, 6) is 2.72. The summed E-state index contributed by atoms with van der Waals surface area (Å²) < 4.78 is 5.38. The zero-order valence-corrected chi connectivity index (χ0v) is 11.5. The molecule has 2 heteroatoms. The standard InChI is InChI=1S/C14H19BrO/c1-10(11-7-8-11)13(15)9-12-5-3-4-6-14(12)16-2/h3-6,10-11,13H,7-9H2,1-2H3. The minimum Gasteiger partial charge on any atom is -0.496 e. The van der Waals surface area contributed by atoms with Crippen LogP contribution in [0.4, 0.5) is 0 Å². The van der Waals surface area contributed by atoms with E-state index in [-0.39, 0.29) is 0 Å². The molecule has 16 heavy (non-hydrogen) atoms. The summed E-state index contributed by atoms with van der Waals surface area (Å²) in [5.41, 5.74) is 1.30. The van der Waals surface area contributed by atoms with Crippen LogP contribution in [-0.2, 0) is 6.42 Å². The predicted molar refractivity (Wildman–Crippen MR) is 71.3 cm³/mol. The minimum atomic E-state index is 0.566. The Labute approximate surface area is 106 Å². The van der Waals surface area contributed by atoms with E-state index in [2.05, 4.69) is 35.0 Å². The van der Waals surface area contributed by atoms with E-state index >= 15 is 0 Å². The molecule has 0 bridgehead atoms. The van der Waals surface area contributed by atoms with Crippen LogP contribution >= 0.6 is 15.9 Å². The molecular weight excluding hydrogens is 264 g/mol. The summed E-state index contributed by atoms with van der Waals surface area (Å²) >= 11 is 3.83. The molecule has 0 saturated heterocycles. The van der Waals surface area contributed by atoms with Gasteiger partial charge in [0, 0.05) is 4.83 Å². The molecule has 1 aliphatic carbocycles. The van der Waals surface area contributed by atoms with Crippen LogP contribution in [0.25, 0.3) is 0 Å². The summed E-state index contributed by atoms with van der Waals surface area (Å²) in [4.78, 5) is 0.566. The zero-order valence-electron chi connectivity index (χ0n) is 9.95. The van der Waals surface area contributed by atoms with Crippen molar-refractivity contribution in [2.45, 2.75) is 31.0 Å². The third-order valence-electron chi connectivity index (χ3n) is 3.54. The lowest BCUT2D eigenvalue weighted by Gasteiger charge is -2.19. The highest BCUT2D eigenvalue weighted by Gasteiger charge is 2.32. The molecule has 1 aromatic rings. The number of benzene rings is 1. The molecule has 1 aliphatic rings. The lowest BCUT2D eigenvalue weighted by Crippen LogP contribution is -2.16. The van der Waals surface area contributed by atoms with Crippen molar-refractivity contribution < 1.29 is 4.74 Å². The molecule has 0 amide bonds. The maximum Gasteiger partial charge on any atom is 0.122 e. The number of halogens is 1. The summed E-state index contributed by atoms with van der Waals surface area (Å²) in [6, 6.07) is 8.30. The molecule has 0 N–H and O–H groups in total. The number of hydrogen-bond donors (Lipinski definition) is 0. The molecule has 0 aromatic heterocycles. The van der Waals surface area contributed by atoms with Crippen molar-refractivity contribution in [3.05, 3.63) is 29.8 Å². The van der Waals surface area contributed by atoms with Crippen molar-refractivity contribution in [2.24, 2.45) is 11.8 Å². The Morgan fingerprint density at radius 1 is 1.38 bits per heavy atom. The third kappa shape index (κ3) is 2.79. The molecule has 88 valence electrons. The van der Waals surface area contributed by atoms with Gasteiger partial charge in [-0.15, -0.1) is 0 Å². The SMILES string of the molecule is COc1ccccc1CC(Br)C(C)C1CC1. The number of methoxy groups -OCH3 is 1. The van der Waals surface area contributed by atoms with Gasteiger partial charge in [-0.25, -0.2) is 0 Å². The Morgan fingerprint density at radius 2 is 2.06 bits per heavy atom. The van der Waals surface area contributed by atoms with Gasteiger partial charge in [0.05, 0.1) is 7.11 Å². The topological polar surface area (TPSA) is 9.23 Å². The highest BCUT2D eigenvalue weighted by Crippen LogP contribution is 2.41. The molecule has 1 nitrogen and oxygen atoms in total. The molecule has 0 heterocycles. The lowest BCUT2D eigenvalue weighted by molar-refractivity contribution is 0.406. The number of rotatable bonds is 5. The van der Waals surface area contributed by atoms with Gasteiger partial charge in [-0.05, 0) is 42.7 Å². The summed E-state index contributed by atoms with van der Waals surface area (Å²) in [5, 5.41) is 0. The van der Waals surface area contributed by atoms with Crippen molar-refractivity contribution >= 4 is 15.9 Å². The van der Waals surface area contributed by atoms with Crippen LogP contribution in [-0.4, -0.2) is 11.9 Å². The van der Waals surface area contributed by atoms with E-state index in [0.717, 1.165) is 24.0 Å². The van der Waals surface area contributed by atoms with Crippen LogP contribution in [0.5, 0.6) is 5.75 Å². The third-order valence-corrected chi connectivity index (χ3v) is 4.70. The summed E-state index contributed by atoms with van der Waals surface area (Å²) in [7, 11) is 1.74. The van der Waals surface area contributed by atoms with Gasteiger partial charge in [0.1, 0.15) is 5.75 Å². The van der Waals surface area contributed by atoms with E-state index in [1.807, 2.05) is 12.1 Å². The molecule has 0 radical (unpaired) electrons. The molecular formula is C14H19BrO. The van der Waals surface area contributed by atoms with Crippen molar-refractivity contribution in [3.8, 4) is 5.75 Å². The van der Waals surface area contributed by atoms with Gasteiger partial charge in [-0.2, -0.15) is 0 Å². The van der Waals surface area contributed by atoms with Crippen molar-refractivity contribution in [1.29, 1.82) is 0 Å². The van der Waals surface area contributed by atoms with Crippen molar-refractivity contribution in [1.82, 2.24) is 0 Å². The molecule has 1 fully saturated rings.